The second-order valence-corrected chi connectivity index (χ2v) is 11.6. The number of aliphatic hydroxyl groups is 1. The molecule has 0 fully saturated rings. The van der Waals surface area contributed by atoms with Crippen LogP contribution in [0.3, 0.4) is 0 Å². The van der Waals surface area contributed by atoms with Crippen molar-refractivity contribution >= 4 is 23.2 Å². The molecule has 0 atom stereocenters. The standard InChI is InChI=1S/C28H33OP/c1-25(29)17-9-4-2-3-5-16-24-30(26-18-10-6-11-19-26,27-20-12-7-13-21-27)28-22-14-8-15-23-28/h6-8,10-15,18-23H,1-5,9,16-17,24H2/p+1. The molecule has 1 N–H and O–H groups in total. The largest absolute Gasteiger partial charge is 0.513 e. The predicted molar refractivity (Wildman–Crippen MR) is 134 cm³/mol. The first-order chi connectivity index (χ1) is 14.7. The topological polar surface area (TPSA) is 20.2 Å². The van der Waals surface area contributed by atoms with Gasteiger partial charge in [0.15, 0.2) is 0 Å². The molecule has 0 saturated heterocycles. The van der Waals surface area contributed by atoms with Crippen LogP contribution in [0.25, 0.3) is 0 Å². The third kappa shape index (κ3) is 5.83. The molecule has 3 aromatic carbocycles. The van der Waals surface area contributed by atoms with E-state index >= 15 is 0 Å². The van der Waals surface area contributed by atoms with Crippen LogP contribution in [0.15, 0.2) is 103 Å². The van der Waals surface area contributed by atoms with Crippen LogP contribution in [0.4, 0.5) is 0 Å². The number of rotatable bonds is 12. The summed E-state index contributed by atoms with van der Waals surface area (Å²) in [6.07, 6.45) is 9.16. The first-order valence-corrected chi connectivity index (χ1v) is 13.1. The van der Waals surface area contributed by atoms with Gasteiger partial charge in [-0.15, -0.1) is 0 Å². The highest BCUT2D eigenvalue weighted by molar-refractivity contribution is 7.95. The highest BCUT2D eigenvalue weighted by Crippen LogP contribution is 2.55. The van der Waals surface area contributed by atoms with Gasteiger partial charge in [-0.2, -0.15) is 0 Å². The lowest BCUT2D eigenvalue weighted by Crippen LogP contribution is -2.33. The van der Waals surface area contributed by atoms with Crippen LogP contribution in [0.5, 0.6) is 0 Å². The van der Waals surface area contributed by atoms with Crippen molar-refractivity contribution in [3.8, 4) is 0 Å². The van der Waals surface area contributed by atoms with E-state index < -0.39 is 7.26 Å². The Kier molecular flexibility index (Phi) is 8.72. The molecular formula is C28H34OP+. The molecule has 0 aliphatic rings. The zero-order valence-corrected chi connectivity index (χ0v) is 18.8. The molecule has 0 aliphatic heterocycles. The number of aliphatic hydroxyl groups excluding tert-OH is 1. The molecule has 0 aliphatic carbocycles. The Morgan fingerprint density at radius 1 is 0.567 bits per heavy atom. The second kappa shape index (κ2) is 11.7. The van der Waals surface area contributed by atoms with Gasteiger partial charge in [-0.3, -0.25) is 0 Å². The van der Waals surface area contributed by atoms with E-state index in [1.165, 1.54) is 54.2 Å². The third-order valence-electron chi connectivity index (χ3n) is 5.80. The van der Waals surface area contributed by atoms with Crippen LogP contribution in [0, 0.1) is 0 Å². The van der Waals surface area contributed by atoms with Crippen molar-refractivity contribution in [2.75, 3.05) is 6.16 Å². The summed E-state index contributed by atoms with van der Waals surface area (Å²) < 4.78 is 0. The average molecular weight is 418 g/mol. The lowest BCUT2D eigenvalue weighted by atomic mass is 10.1. The van der Waals surface area contributed by atoms with Crippen LogP contribution >= 0.6 is 7.26 Å². The van der Waals surface area contributed by atoms with Gasteiger partial charge in [-0.05, 0) is 55.7 Å². The molecule has 0 heterocycles. The summed E-state index contributed by atoms with van der Waals surface area (Å²) in [4.78, 5) is 0. The molecule has 0 bridgehead atoms. The molecule has 156 valence electrons. The fourth-order valence-electron chi connectivity index (χ4n) is 4.27. The molecule has 0 radical (unpaired) electrons. The van der Waals surface area contributed by atoms with Crippen molar-refractivity contribution in [2.45, 2.75) is 44.9 Å². The molecule has 1 nitrogen and oxygen atoms in total. The molecule has 0 spiro atoms. The van der Waals surface area contributed by atoms with Gasteiger partial charge in [0.2, 0.25) is 0 Å². The average Bonchev–Trinajstić information content (AvgIpc) is 2.80. The fraction of sp³-hybridized carbons (Fsp3) is 0.286. The smallest absolute Gasteiger partial charge is 0.112 e. The highest BCUT2D eigenvalue weighted by Gasteiger charge is 2.44. The van der Waals surface area contributed by atoms with E-state index in [0.717, 1.165) is 12.8 Å². The SMILES string of the molecule is C=C(O)CCCCCCCC[P+](c1ccccc1)(c1ccccc1)c1ccccc1. The third-order valence-corrected chi connectivity index (χ3v) is 10.3. The summed E-state index contributed by atoms with van der Waals surface area (Å²) in [5, 5.41) is 13.6. The zero-order chi connectivity index (χ0) is 21.1. The van der Waals surface area contributed by atoms with Crippen LogP contribution < -0.4 is 15.9 Å². The first-order valence-electron chi connectivity index (χ1n) is 11.1. The van der Waals surface area contributed by atoms with Gasteiger partial charge in [0.05, 0.1) is 11.9 Å². The molecule has 0 aromatic heterocycles. The molecule has 0 saturated carbocycles. The summed E-state index contributed by atoms with van der Waals surface area (Å²) in [5.41, 5.74) is 0. The Bertz CT molecular complexity index is 778. The van der Waals surface area contributed by atoms with Gasteiger partial charge >= 0.3 is 0 Å². The summed E-state index contributed by atoms with van der Waals surface area (Å²) in [6.45, 7) is 3.58. The van der Waals surface area contributed by atoms with Crippen molar-refractivity contribution in [3.63, 3.8) is 0 Å². The lowest BCUT2D eigenvalue weighted by Gasteiger charge is -2.27. The Hall–Kier alpha value is -2.37. The fourth-order valence-corrected chi connectivity index (χ4v) is 8.68. The zero-order valence-electron chi connectivity index (χ0n) is 17.9. The minimum absolute atomic E-state index is 0.318. The van der Waals surface area contributed by atoms with Crippen molar-refractivity contribution in [3.05, 3.63) is 103 Å². The van der Waals surface area contributed by atoms with Gasteiger partial charge in [0.25, 0.3) is 0 Å². The van der Waals surface area contributed by atoms with E-state index in [1.807, 2.05) is 0 Å². The predicted octanol–water partition coefficient (Wildman–Crippen LogP) is 6.78. The van der Waals surface area contributed by atoms with E-state index in [2.05, 4.69) is 97.6 Å². The monoisotopic (exact) mass is 417 g/mol. The lowest BCUT2D eigenvalue weighted by molar-refractivity contribution is 0.383. The molecule has 3 rings (SSSR count). The number of hydrogen-bond acceptors (Lipinski definition) is 1. The van der Waals surface area contributed by atoms with Gasteiger partial charge in [-0.25, -0.2) is 0 Å². The number of benzene rings is 3. The van der Waals surface area contributed by atoms with Crippen molar-refractivity contribution in [1.29, 1.82) is 0 Å². The molecule has 0 unspecified atom stereocenters. The van der Waals surface area contributed by atoms with Crippen molar-refractivity contribution < 1.29 is 5.11 Å². The summed E-state index contributed by atoms with van der Waals surface area (Å²) in [5.74, 6) is 0.318. The number of unbranched alkanes of at least 4 members (excludes halogenated alkanes) is 5. The molecule has 30 heavy (non-hydrogen) atoms. The van der Waals surface area contributed by atoms with Crippen LogP contribution in [-0.2, 0) is 0 Å². The second-order valence-electron chi connectivity index (χ2n) is 7.98. The minimum atomic E-state index is -1.67. The Balaban J connectivity index is 1.79. The number of hydrogen-bond donors (Lipinski definition) is 1. The summed E-state index contributed by atoms with van der Waals surface area (Å²) in [7, 11) is -1.67. The van der Waals surface area contributed by atoms with Crippen LogP contribution in [0.2, 0.25) is 0 Å². The van der Waals surface area contributed by atoms with Gasteiger partial charge < -0.3 is 5.11 Å². The number of allylic oxidation sites excluding steroid dienone is 1. The minimum Gasteiger partial charge on any atom is -0.513 e. The van der Waals surface area contributed by atoms with Crippen molar-refractivity contribution in [1.82, 2.24) is 0 Å². The summed E-state index contributed by atoms with van der Waals surface area (Å²) in [6, 6.07) is 33.4. The van der Waals surface area contributed by atoms with Crippen LogP contribution in [-0.4, -0.2) is 11.3 Å². The maximum absolute atomic E-state index is 9.22. The highest BCUT2D eigenvalue weighted by atomic mass is 31.2. The van der Waals surface area contributed by atoms with Crippen molar-refractivity contribution in [2.24, 2.45) is 0 Å². The Morgan fingerprint density at radius 3 is 1.33 bits per heavy atom. The maximum atomic E-state index is 9.22. The Labute approximate surface area is 182 Å². The van der Waals surface area contributed by atoms with E-state index in [0.29, 0.717) is 5.76 Å². The molecular weight excluding hydrogens is 383 g/mol. The van der Waals surface area contributed by atoms with E-state index in [1.54, 1.807) is 0 Å². The molecule has 2 heteroatoms. The van der Waals surface area contributed by atoms with E-state index in [-0.39, 0.29) is 0 Å². The van der Waals surface area contributed by atoms with Gasteiger partial charge in [-0.1, -0.05) is 80.4 Å². The Morgan fingerprint density at radius 2 is 0.933 bits per heavy atom. The summed E-state index contributed by atoms with van der Waals surface area (Å²) >= 11 is 0. The van der Waals surface area contributed by atoms with Crippen LogP contribution in [0.1, 0.15) is 44.9 Å². The maximum Gasteiger partial charge on any atom is 0.112 e. The van der Waals surface area contributed by atoms with E-state index in [9.17, 15) is 5.11 Å². The normalized spacial score (nSPS) is 11.3. The quantitative estimate of drug-likeness (QED) is 0.196. The van der Waals surface area contributed by atoms with Gasteiger partial charge in [0, 0.05) is 6.42 Å². The van der Waals surface area contributed by atoms with Gasteiger partial charge in [0.1, 0.15) is 23.2 Å². The first kappa shape index (κ1) is 22.3. The molecule has 0 amide bonds. The molecule has 3 aromatic rings. The van der Waals surface area contributed by atoms with E-state index in [4.69, 9.17) is 0 Å².